The molecule has 2 rings (SSSR count). The Labute approximate surface area is 137 Å². The quantitative estimate of drug-likeness (QED) is 0.809. The monoisotopic (exact) mass is 372 g/mol. The van der Waals surface area contributed by atoms with E-state index in [9.17, 15) is 0 Å². The van der Waals surface area contributed by atoms with Crippen LogP contribution in [0.1, 0.15) is 19.5 Å². The molecule has 0 aliphatic rings. The van der Waals surface area contributed by atoms with Crippen molar-refractivity contribution >= 4 is 27.5 Å². The Balaban J connectivity index is 1.80. The molecule has 1 heterocycles. The predicted octanol–water partition coefficient (Wildman–Crippen LogP) is 3.27. The normalized spacial score (nSPS) is 11.1. The first kappa shape index (κ1) is 16.3. The third-order valence-electron chi connectivity index (χ3n) is 2.75. The van der Waals surface area contributed by atoms with Gasteiger partial charge in [-0.1, -0.05) is 30.7 Å². The molecule has 0 aliphatic heterocycles. The van der Waals surface area contributed by atoms with Crippen molar-refractivity contribution in [2.75, 3.05) is 6.61 Å². The van der Waals surface area contributed by atoms with Gasteiger partial charge in [0.05, 0.1) is 16.7 Å². The molecule has 0 aliphatic carbocycles. The number of halogens is 2. The zero-order valence-electron chi connectivity index (χ0n) is 12.0. The first-order valence-electron chi connectivity index (χ1n) is 6.75. The minimum atomic E-state index is 0.431. The van der Waals surface area contributed by atoms with Crippen LogP contribution in [-0.2, 0) is 13.1 Å². The average molecular weight is 374 g/mol. The molecule has 0 amide bonds. The molecule has 0 bridgehead atoms. The maximum absolute atomic E-state index is 5.89. The van der Waals surface area contributed by atoms with E-state index in [0.29, 0.717) is 24.2 Å². The summed E-state index contributed by atoms with van der Waals surface area (Å²) in [5.41, 5.74) is 0.927. The summed E-state index contributed by atoms with van der Waals surface area (Å²) in [4.78, 5) is 0. The Morgan fingerprint density at radius 1 is 1.43 bits per heavy atom. The molecular formula is C14H18BrClN4O. The first-order chi connectivity index (χ1) is 10.0. The Kier molecular flexibility index (Phi) is 6.02. The molecule has 2 aromatic rings. The van der Waals surface area contributed by atoms with Gasteiger partial charge in [0.1, 0.15) is 12.4 Å². The van der Waals surface area contributed by atoms with Gasteiger partial charge >= 0.3 is 0 Å². The summed E-state index contributed by atoms with van der Waals surface area (Å²) in [6, 6.07) is 5.88. The van der Waals surface area contributed by atoms with Crippen LogP contribution in [0.15, 0.2) is 28.9 Å². The van der Waals surface area contributed by atoms with Crippen LogP contribution >= 0.6 is 27.5 Å². The molecule has 0 fully saturated rings. The fourth-order valence-electron chi connectivity index (χ4n) is 1.68. The van der Waals surface area contributed by atoms with Gasteiger partial charge in [-0.3, -0.25) is 0 Å². The van der Waals surface area contributed by atoms with E-state index in [1.807, 2.05) is 18.3 Å². The third kappa shape index (κ3) is 5.30. The molecule has 21 heavy (non-hydrogen) atoms. The van der Waals surface area contributed by atoms with Gasteiger partial charge in [0.2, 0.25) is 0 Å². The third-order valence-corrected chi connectivity index (χ3v) is 3.60. The topological polar surface area (TPSA) is 52.0 Å². The first-order valence-corrected chi connectivity index (χ1v) is 7.92. The van der Waals surface area contributed by atoms with E-state index in [-0.39, 0.29) is 0 Å². The summed E-state index contributed by atoms with van der Waals surface area (Å²) in [7, 11) is 0. The summed E-state index contributed by atoms with van der Waals surface area (Å²) >= 11 is 9.31. The molecule has 0 saturated carbocycles. The van der Waals surface area contributed by atoms with E-state index < -0.39 is 0 Å². The number of nitrogens with zero attached hydrogens (tertiary/aromatic N) is 3. The lowest BCUT2D eigenvalue weighted by molar-refractivity contribution is 0.288. The van der Waals surface area contributed by atoms with Crippen molar-refractivity contribution in [3.63, 3.8) is 0 Å². The minimum absolute atomic E-state index is 0.431. The lowest BCUT2D eigenvalue weighted by Crippen LogP contribution is -2.21. The van der Waals surface area contributed by atoms with Gasteiger partial charge in [-0.25, -0.2) is 4.68 Å². The van der Waals surface area contributed by atoms with E-state index in [1.54, 1.807) is 10.7 Å². The fourth-order valence-corrected chi connectivity index (χ4v) is 2.48. The highest BCUT2D eigenvalue weighted by atomic mass is 79.9. The highest BCUT2D eigenvalue weighted by Gasteiger charge is 2.04. The molecule has 0 saturated heterocycles. The summed E-state index contributed by atoms with van der Waals surface area (Å²) in [6.07, 6.45) is 1.93. The summed E-state index contributed by atoms with van der Waals surface area (Å²) in [6.45, 7) is 6.08. The molecule has 1 aromatic heterocycles. The largest absolute Gasteiger partial charge is 0.490 e. The van der Waals surface area contributed by atoms with Crippen LogP contribution in [0, 0.1) is 0 Å². The number of ether oxygens (including phenoxy) is 1. The van der Waals surface area contributed by atoms with Gasteiger partial charge < -0.3 is 10.1 Å². The molecule has 1 aromatic carbocycles. The molecular weight excluding hydrogens is 356 g/mol. The zero-order valence-corrected chi connectivity index (χ0v) is 14.4. The summed E-state index contributed by atoms with van der Waals surface area (Å²) in [5, 5.41) is 12.2. The van der Waals surface area contributed by atoms with Crippen LogP contribution in [0.4, 0.5) is 0 Å². The Bertz CT molecular complexity index is 588. The van der Waals surface area contributed by atoms with Crippen molar-refractivity contribution < 1.29 is 4.74 Å². The Morgan fingerprint density at radius 3 is 2.95 bits per heavy atom. The van der Waals surface area contributed by atoms with Crippen molar-refractivity contribution in [1.29, 1.82) is 0 Å². The van der Waals surface area contributed by atoms with Gasteiger partial charge in [-0.15, -0.1) is 5.10 Å². The van der Waals surface area contributed by atoms with Gasteiger partial charge in [0.25, 0.3) is 0 Å². The second-order valence-electron chi connectivity index (χ2n) is 4.93. The Morgan fingerprint density at radius 2 is 2.24 bits per heavy atom. The second kappa shape index (κ2) is 7.77. The summed E-state index contributed by atoms with van der Waals surface area (Å²) in [5.74, 6) is 0.765. The number of hydrogen-bond donors (Lipinski definition) is 1. The van der Waals surface area contributed by atoms with Gasteiger partial charge in [-0.2, -0.15) is 0 Å². The molecule has 0 radical (unpaired) electrons. The predicted molar refractivity (Wildman–Crippen MR) is 86.6 cm³/mol. The molecule has 0 atom stereocenters. The van der Waals surface area contributed by atoms with E-state index in [1.165, 1.54) is 0 Å². The number of nitrogens with one attached hydrogen (secondary N) is 1. The molecule has 5 nitrogen and oxygen atoms in total. The lowest BCUT2D eigenvalue weighted by Gasteiger charge is -2.08. The number of hydrogen-bond acceptors (Lipinski definition) is 4. The van der Waals surface area contributed by atoms with Crippen molar-refractivity contribution in [1.82, 2.24) is 20.3 Å². The number of benzene rings is 1. The maximum atomic E-state index is 5.89. The van der Waals surface area contributed by atoms with E-state index >= 15 is 0 Å². The SMILES string of the molecule is CC(C)NCc1cn(CCOc2ccc(Cl)cc2Br)nn1. The minimum Gasteiger partial charge on any atom is -0.490 e. The average Bonchev–Trinajstić information content (AvgIpc) is 2.87. The maximum Gasteiger partial charge on any atom is 0.133 e. The van der Waals surface area contributed by atoms with Crippen molar-refractivity contribution in [2.45, 2.75) is 33.0 Å². The number of rotatable bonds is 7. The smallest absolute Gasteiger partial charge is 0.133 e. The van der Waals surface area contributed by atoms with Crippen LogP contribution < -0.4 is 10.1 Å². The highest BCUT2D eigenvalue weighted by molar-refractivity contribution is 9.10. The standard InChI is InChI=1S/C14H18BrClN4O/c1-10(2)17-8-12-9-20(19-18-12)5-6-21-14-4-3-11(16)7-13(14)15/h3-4,7,9-10,17H,5-6,8H2,1-2H3. The fraction of sp³-hybridized carbons (Fsp3) is 0.429. The highest BCUT2D eigenvalue weighted by Crippen LogP contribution is 2.27. The van der Waals surface area contributed by atoms with Crippen LogP contribution in [0.2, 0.25) is 5.02 Å². The summed E-state index contributed by atoms with van der Waals surface area (Å²) < 4.78 is 8.32. The van der Waals surface area contributed by atoms with Gasteiger partial charge in [0.15, 0.2) is 0 Å². The van der Waals surface area contributed by atoms with Crippen LogP contribution in [-0.4, -0.2) is 27.6 Å². The van der Waals surface area contributed by atoms with E-state index in [4.69, 9.17) is 16.3 Å². The van der Waals surface area contributed by atoms with Crippen molar-refractivity contribution in [3.8, 4) is 5.75 Å². The van der Waals surface area contributed by atoms with E-state index in [2.05, 4.69) is 45.4 Å². The van der Waals surface area contributed by atoms with Crippen LogP contribution in [0.5, 0.6) is 5.75 Å². The molecule has 114 valence electrons. The Hall–Kier alpha value is -1.11. The lowest BCUT2D eigenvalue weighted by atomic mass is 10.3. The van der Waals surface area contributed by atoms with Crippen LogP contribution in [0.3, 0.4) is 0 Å². The van der Waals surface area contributed by atoms with Gasteiger partial charge in [0, 0.05) is 23.8 Å². The molecule has 7 heteroatoms. The zero-order chi connectivity index (χ0) is 15.2. The van der Waals surface area contributed by atoms with Crippen molar-refractivity contribution in [2.24, 2.45) is 0 Å². The van der Waals surface area contributed by atoms with E-state index in [0.717, 1.165) is 22.5 Å². The number of aromatic nitrogens is 3. The molecule has 1 N–H and O–H groups in total. The van der Waals surface area contributed by atoms with Crippen molar-refractivity contribution in [3.05, 3.63) is 39.6 Å². The van der Waals surface area contributed by atoms with Crippen LogP contribution in [0.25, 0.3) is 0 Å². The molecule has 0 unspecified atom stereocenters. The van der Waals surface area contributed by atoms with Gasteiger partial charge in [-0.05, 0) is 34.1 Å². The second-order valence-corrected chi connectivity index (χ2v) is 6.22. The molecule has 0 spiro atoms.